The second-order valence-corrected chi connectivity index (χ2v) is 5.20. The van der Waals surface area contributed by atoms with Gasteiger partial charge >= 0.3 is 5.97 Å². The lowest BCUT2D eigenvalue weighted by Gasteiger charge is -2.48. The molecule has 0 radical (unpaired) electrons. The van der Waals surface area contributed by atoms with Gasteiger partial charge in [-0.05, 0) is 19.9 Å². The van der Waals surface area contributed by atoms with Crippen LogP contribution < -0.4 is 0 Å². The Kier molecular flexibility index (Phi) is 4.01. The molecule has 5 nitrogen and oxygen atoms in total. The van der Waals surface area contributed by atoms with Crippen molar-refractivity contribution < 1.29 is 14.6 Å². The molecular formula is C12H22N2O3. The number of rotatable bonds is 3. The van der Waals surface area contributed by atoms with Crippen molar-refractivity contribution in [1.29, 1.82) is 0 Å². The number of carbonyl (C=O) groups is 1. The highest BCUT2D eigenvalue weighted by Crippen LogP contribution is 2.32. The molecule has 0 unspecified atom stereocenters. The van der Waals surface area contributed by atoms with Crippen LogP contribution in [0.3, 0.4) is 0 Å². The predicted molar refractivity (Wildman–Crippen MR) is 64.1 cm³/mol. The monoisotopic (exact) mass is 242 g/mol. The van der Waals surface area contributed by atoms with E-state index in [9.17, 15) is 4.79 Å². The minimum atomic E-state index is -0.689. The van der Waals surface area contributed by atoms with Crippen LogP contribution in [0.5, 0.6) is 0 Å². The molecule has 1 N–H and O–H groups in total. The van der Waals surface area contributed by atoms with E-state index in [2.05, 4.69) is 16.8 Å². The van der Waals surface area contributed by atoms with Crippen LogP contribution in [-0.2, 0) is 9.53 Å². The third-order valence-electron chi connectivity index (χ3n) is 4.08. The number of carboxylic acid groups (broad SMARTS) is 1. The third kappa shape index (κ3) is 2.97. The van der Waals surface area contributed by atoms with Crippen molar-refractivity contribution in [2.75, 3.05) is 46.4 Å². The van der Waals surface area contributed by atoms with Gasteiger partial charge in [0.25, 0.3) is 0 Å². The number of piperazine rings is 1. The number of likely N-dealkylation sites (N-methyl/N-ethyl adjacent to an activating group) is 1. The molecule has 2 aliphatic rings. The van der Waals surface area contributed by atoms with Gasteiger partial charge in [-0.2, -0.15) is 0 Å². The molecule has 0 saturated carbocycles. The van der Waals surface area contributed by atoms with Crippen molar-refractivity contribution in [3.05, 3.63) is 0 Å². The smallest absolute Gasteiger partial charge is 0.305 e. The highest BCUT2D eigenvalue weighted by molar-refractivity contribution is 5.68. The zero-order valence-corrected chi connectivity index (χ0v) is 10.5. The number of aliphatic carboxylic acids is 1. The van der Waals surface area contributed by atoms with Crippen molar-refractivity contribution in [3.63, 3.8) is 0 Å². The van der Waals surface area contributed by atoms with E-state index < -0.39 is 5.97 Å². The Balaban J connectivity index is 2.06. The fourth-order valence-corrected chi connectivity index (χ4v) is 2.92. The van der Waals surface area contributed by atoms with Crippen molar-refractivity contribution in [2.24, 2.45) is 0 Å². The number of hydrogen-bond acceptors (Lipinski definition) is 4. The summed E-state index contributed by atoms with van der Waals surface area (Å²) in [6.07, 6.45) is 1.95. The first-order chi connectivity index (χ1) is 8.12. The molecule has 2 rings (SSSR count). The zero-order chi connectivity index (χ0) is 12.3. The van der Waals surface area contributed by atoms with E-state index in [-0.39, 0.29) is 12.0 Å². The van der Waals surface area contributed by atoms with E-state index in [1.54, 1.807) is 0 Å². The van der Waals surface area contributed by atoms with E-state index in [0.29, 0.717) is 13.2 Å². The summed E-state index contributed by atoms with van der Waals surface area (Å²) in [5.74, 6) is -0.689. The van der Waals surface area contributed by atoms with Gasteiger partial charge in [0.2, 0.25) is 0 Å². The van der Waals surface area contributed by atoms with Crippen LogP contribution in [0, 0.1) is 0 Å². The van der Waals surface area contributed by atoms with Crippen molar-refractivity contribution in [3.8, 4) is 0 Å². The van der Waals surface area contributed by atoms with Crippen LogP contribution in [0.1, 0.15) is 19.3 Å². The topological polar surface area (TPSA) is 53.0 Å². The summed E-state index contributed by atoms with van der Waals surface area (Å²) in [6.45, 7) is 5.40. The largest absolute Gasteiger partial charge is 0.481 e. The normalized spacial score (nSPS) is 26.9. The Hall–Kier alpha value is -0.650. The summed E-state index contributed by atoms with van der Waals surface area (Å²) in [5, 5.41) is 9.14. The van der Waals surface area contributed by atoms with Gasteiger partial charge in [0.05, 0.1) is 6.42 Å². The van der Waals surface area contributed by atoms with Crippen LogP contribution in [-0.4, -0.2) is 72.9 Å². The maximum Gasteiger partial charge on any atom is 0.305 e. The first kappa shape index (κ1) is 12.8. The summed E-state index contributed by atoms with van der Waals surface area (Å²) < 4.78 is 5.39. The van der Waals surface area contributed by atoms with Gasteiger partial charge < -0.3 is 14.7 Å². The van der Waals surface area contributed by atoms with E-state index in [1.807, 2.05) is 0 Å². The average Bonchev–Trinajstić information content (AvgIpc) is 2.30. The molecule has 2 aliphatic heterocycles. The second kappa shape index (κ2) is 5.33. The fraction of sp³-hybridized carbons (Fsp3) is 0.917. The van der Waals surface area contributed by atoms with Gasteiger partial charge in [-0.25, -0.2) is 0 Å². The highest BCUT2D eigenvalue weighted by Gasteiger charge is 2.41. The van der Waals surface area contributed by atoms with Crippen LogP contribution >= 0.6 is 0 Å². The van der Waals surface area contributed by atoms with Crippen LogP contribution in [0.2, 0.25) is 0 Å². The predicted octanol–water partition coefficient (Wildman–Crippen LogP) is 0.258. The van der Waals surface area contributed by atoms with Crippen molar-refractivity contribution in [2.45, 2.75) is 24.8 Å². The Morgan fingerprint density at radius 3 is 2.35 bits per heavy atom. The van der Waals surface area contributed by atoms with E-state index >= 15 is 0 Å². The summed E-state index contributed by atoms with van der Waals surface area (Å²) in [4.78, 5) is 15.8. The van der Waals surface area contributed by atoms with Crippen molar-refractivity contribution >= 4 is 5.97 Å². The van der Waals surface area contributed by atoms with E-state index in [0.717, 1.165) is 39.0 Å². The van der Waals surface area contributed by atoms with Crippen LogP contribution in [0.25, 0.3) is 0 Å². The molecule has 0 aromatic carbocycles. The molecule has 0 amide bonds. The highest BCUT2D eigenvalue weighted by atomic mass is 16.5. The molecular weight excluding hydrogens is 220 g/mol. The Morgan fingerprint density at radius 2 is 1.82 bits per heavy atom. The molecule has 0 aromatic rings. The number of ether oxygens (including phenoxy) is 1. The molecule has 0 spiro atoms. The minimum Gasteiger partial charge on any atom is -0.481 e. The van der Waals surface area contributed by atoms with Gasteiger partial charge in [-0.3, -0.25) is 9.69 Å². The fourth-order valence-electron chi connectivity index (χ4n) is 2.92. The lowest BCUT2D eigenvalue weighted by Crippen LogP contribution is -2.59. The van der Waals surface area contributed by atoms with Gasteiger partial charge in [-0.15, -0.1) is 0 Å². The quantitative estimate of drug-likeness (QED) is 0.769. The van der Waals surface area contributed by atoms with E-state index in [1.165, 1.54) is 0 Å². The standard InChI is InChI=1S/C12H22N2O3/c1-13-4-6-14(7-5-13)12(10-11(15)16)2-8-17-9-3-12/h2-10H2,1H3,(H,15,16). The molecule has 98 valence electrons. The lowest BCUT2D eigenvalue weighted by atomic mass is 9.84. The first-order valence-electron chi connectivity index (χ1n) is 6.36. The van der Waals surface area contributed by atoms with Crippen LogP contribution in [0.15, 0.2) is 0 Å². The summed E-state index contributed by atoms with van der Waals surface area (Å²) in [7, 11) is 2.12. The molecule has 2 heterocycles. The molecule has 2 saturated heterocycles. The van der Waals surface area contributed by atoms with Crippen LogP contribution in [0.4, 0.5) is 0 Å². The molecule has 2 fully saturated rings. The number of hydrogen-bond donors (Lipinski definition) is 1. The van der Waals surface area contributed by atoms with Gasteiger partial charge in [0.1, 0.15) is 0 Å². The Labute approximate surface area is 102 Å². The van der Waals surface area contributed by atoms with Gasteiger partial charge in [0.15, 0.2) is 0 Å². The Bertz CT molecular complexity index is 269. The maximum absolute atomic E-state index is 11.1. The molecule has 0 bridgehead atoms. The Morgan fingerprint density at radius 1 is 1.24 bits per heavy atom. The number of nitrogens with zero attached hydrogens (tertiary/aromatic N) is 2. The first-order valence-corrected chi connectivity index (χ1v) is 6.36. The summed E-state index contributed by atoms with van der Waals surface area (Å²) >= 11 is 0. The molecule has 0 aromatic heterocycles. The number of carboxylic acids is 1. The maximum atomic E-state index is 11.1. The lowest BCUT2D eigenvalue weighted by molar-refractivity contribution is -0.143. The van der Waals surface area contributed by atoms with Crippen molar-refractivity contribution in [1.82, 2.24) is 9.80 Å². The second-order valence-electron chi connectivity index (χ2n) is 5.20. The zero-order valence-electron chi connectivity index (χ0n) is 10.5. The summed E-state index contributed by atoms with van der Waals surface area (Å²) in [6, 6.07) is 0. The SMILES string of the molecule is CN1CCN(C2(CC(=O)O)CCOCC2)CC1. The third-order valence-corrected chi connectivity index (χ3v) is 4.08. The van der Waals surface area contributed by atoms with Gasteiger partial charge in [-0.1, -0.05) is 0 Å². The average molecular weight is 242 g/mol. The molecule has 17 heavy (non-hydrogen) atoms. The minimum absolute atomic E-state index is 0.161. The summed E-state index contributed by atoms with van der Waals surface area (Å²) in [5.41, 5.74) is -0.161. The van der Waals surface area contributed by atoms with E-state index in [4.69, 9.17) is 9.84 Å². The van der Waals surface area contributed by atoms with Gasteiger partial charge in [0, 0.05) is 44.9 Å². The molecule has 0 aliphatic carbocycles. The molecule has 0 atom stereocenters. The molecule has 5 heteroatoms.